The van der Waals surface area contributed by atoms with Crippen LogP contribution < -0.4 is 5.48 Å². The average Bonchev–Trinajstić information content (AvgIpc) is 3.05. The zero-order valence-electron chi connectivity index (χ0n) is 27.5. The molecule has 1 atom stereocenters. The van der Waals surface area contributed by atoms with Crippen LogP contribution in [0.3, 0.4) is 0 Å². The highest BCUT2D eigenvalue weighted by molar-refractivity contribution is 6.05. The largest absolute Gasteiger partial charge is 0.480 e. The van der Waals surface area contributed by atoms with Crippen molar-refractivity contribution in [2.24, 2.45) is 0 Å². The van der Waals surface area contributed by atoms with E-state index in [2.05, 4.69) is 10.5 Å². The van der Waals surface area contributed by atoms with Gasteiger partial charge < -0.3 is 25.1 Å². The summed E-state index contributed by atoms with van der Waals surface area (Å²) in [6.45, 7) is 2.17. The number of likely N-dealkylation sites (N-methyl/N-ethyl adjacent to an activating group) is 1. The summed E-state index contributed by atoms with van der Waals surface area (Å²) in [7, 11) is 3.25. The summed E-state index contributed by atoms with van der Waals surface area (Å²) in [5, 5.41) is 31.5. The molecule has 0 radical (unpaired) electrons. The van der Waals surface area contributed by atoms with Crippen LogP contribution in [0.1, 0.15) is 11.6 Å². The van der Waals surface area contributed by atoms with E-state index in [4.69, 9.17) is 4.84 Å². The van der Waals surface area contributed by atoms with E-state index in [1.165, 1.54) is 7.11 Å². The van der Waals surface area contributed by atoms with E-state index in [1.54, 1.807) is 26.6 Å². The molecule has 1 saturated heterocycles. The van der Waals surface area contributed by atoms with Crippen molar-refractivity contribution in [3.8, 4) is 0 Å². The fraction of sp³-hybridized carbons (Fsp3) is 0.485. The van der Waals surface area contributed by atoms with Crippen molar-refractivity contribution < 1.29 is 39.3 Å². The van der Waals surface area contributed by atoms with Gasteiger partial charge in [-0.25, -0.2) is 5.48 Å². The molecule has 2 aromatic carbocycles. The van der Waals surface area contributed by atoms with Gasteiger partial charge in [-0.1, -0.05) is 30.3 Å². The highest BCUT2D eigenvalue weighted by Crippen LogP contribution is 2.28. The molecule has 1 amide bonds. The van der Waals surface area contributed by atoms with Crippen LogP contribution in [0, 0.1) is 0 Å². The Hall–Kier alpha value is -4.25. The van der Waals surface area contributed by atoms with Gasteiger partial charge in [0.15, 0.2) is 0 Å². The van der Waals surface area contributed by atoms with Gasteiger partial charge in [-0.15, -0.1) is 0 Å². The lowest BCUT2D eigenvalue weighted by Gasteiger charge is -2.34. The minimum absolute atomic E-state index is 0.0189. The number of nitrogens with zero attached hydrogens (tertiary/aromatic N) is 6. The Morgan fingerprint density at radius 3 is 1.77 bits per heavy atom. The molecule has 1 unspecified atom stereocenters. The number of hydrogen-bond acceptors (Lipinski definition) is 11. The molecule has 1 fully saturated rings. The molecule has 1 aromatic heterocycles. The van der Waals surface area contributed by atoms with Gasteiger partial charge in [0.05, 0.1) is 44.8 Å². The molecular weight excluding hydrogens is 622 g/mol. The van der Waals surface area contributed by atoms with E-state index in [0.29, 0.717) is 58.9 Å². The highest BCUT2D eigenvalue weighted by Gasteiger charge is 2.26. The van der Waals surface area contributed by atoms with E-state index < -0.39 is 23.9 Å². The second-order valence-electron chi connectivity index (χ2n) is 12.0. The maximum absolute atomic E-state index is 13.9. The number of pyridine rings is 1. The summed E-state index contributed by atoms with van der Waals surface area (Å²) >= 11 is 0. The first-order valence-corrected chi connectivity index (χ1v) is 15.9. The number of hydroxylamine groups is 1. The van der Waals surface area contributed by atoms with Gasteiger partial charge in [0.1, 0.15) is 0 Å². The summed E-state index contributed by atoms with van der Waals surface area (Å²) < 4.78 is 0. The molecular formula is C33H45N7O8. The number of carboxylic acids is 3. The first-order valence-electron chi connectivity index (χ1n) is 15.9. The molecule has 0 bridgehead atoms. The summed E-state index contributed by atoms with van der Waals surface area (Å²) in [6, 6.07) is 13.5. The monoisotopic (exact) mass is 667 g/mol. The molecule has 0 saturated carbocycles. The maximum atomic E-state index is 13.9. The van der Waals surface area contributed by atoms with E-state index >= 15 is 0 Å². The van der Waals surface area contributed by atoms with Crippen molar-refractivity contribution in [1.29, 1.82) is 0 Å². The van der Waals surface area contributed by atoms with Crippen LogP contribution in [0.2, 0.25) is 0 Å². The average molecular weight is 668 g/mol. The zero-order valence-corrected chi connectivity index (χ0v) is 27.5. The molecule has 1 aliphatic heterocycles. The molecule has 3 aromatic rings. The Balaban J connectivity index is 1.56. The Kier molecular flexibility index (Phi) is 13.5. The Labute approximate surface area is 279 Å². The minimum Gasteiger partial charge on any atom is -0.480 e. The first-order chi connectivity index (χ1) is 23.0. The van der Waals surface area contributed by atoms with Gasteiger partial charge >= 0.3 is 17.9 Å². The maximum Gasteiger partial charge on any atom is 0.317 e. The lowest BCUT2D eigenvalue weighted by molar-refractivity contribution is -0.141. The van der Waals surface area contributed by atoms with Crippen LogP contribution in [0.5, 0.6) is 0 Å². The number of aromatic nitrogens is 1. The topological polar surface area (TPSA) is 179 Å². The Bertz CT molecular complexity index is 1540. The predicted molar refractivity (Wildman–Crippen MR) is 178 cm³/mol. The van der Waals surface area contributed by atoms with Crippen molar-refractivity contribution in [3.63, 3.8) is 0 Å². The summed E-state index contributed by atoms with van der Waals surface area (Å²) in [4.78, 5) is 67.2. The number of amides is 1. The van der Waals surface area contributed by atoms with Gasteiger partial charge in [0.25, 0.3) is 0 Å². The number of aliphatic carboxylic acids is 3. The molecule has 0 spiro atoms. The summed E-state index contributed by atoms with van der Waals surface area (Å²) in [6.07, 6.45) is 1.84. The third-order valence-corrected chi connectivity index (χ3v) is 8.65. The zero-order chi connectivity index (χ0) is 34.6. The molecule has 15 nitrogen and oxygen atoms in total. The molecule has 48 heavy (non-hydrogen) atoms. The number of rotatable bonds is 13. The molecule has 4 N–H and O–H groups in total. The molecule has 15 heteroatoms. The van der Waals surface area contributed by atoms with Crippen LogP contribution >= 0.6 is 0 Å². The Morgan fingerprint density at radius 1 is 0.771 bits per heavy atom. The fourth-order valence-corrected chi connectivity index (χ4v) is 5.99. The minimum atomic E-state index is -1.02. The number of carbonyl (C=O) groups excluding carboxylic acids is 1. The molecule has 1 aliphatic rings. The van der Waals surface area contributed by atoms with Crippen LogP contribution in [0.25, 0.3) is 21.7 Å². The number of carbonyl (C=O) groups is 4. The second kappa shape index (κ2) is 17.8. The van der Waals surface area contributed by atoms with Gasteiger partial charge in [-0.05, 0) is 23.1 Å². The SMILES string of the molecule is CONCC(c1ccc2ncc3ccccc3c2c1)N(C)C(=O)CN1CCN(CC(=O)O)CCN(CC(=O)O)CCN(CC(=O)O)CC1. The van der Waals surface area contributed by atoms with Crippen LogP contribution in [0.4, 0.5) is 0 Å². The Morgan fingerprint density at radius 2 is 1.27 bits per heavy atom. The summed E-state index contributed by atoms with van der Waals surface area (Å²) in [5.74, 6) is -3.20. The predicted octanol–water partition coefficient (Wildman–Crippen LogP) is 0.514. The highest BCUT2D eigenvalue weighted by atomic mass is 16.6. The van der Waals surface area contributed by atoms with Crippen molar-refractivity contribution in [2.75, 3.05) is 99.2 Å². The van der Waals surface area contributed by atoms with Crippen molar-refractivity contribution in [3.05, 3.63) is 54.2 Å². The third kappa shape index (κ3) is 10.6. The standard InChI is InChI=1S/C33H45N7O8/c1-36(29(19-35-48-2)24-7-8-28-27(17-24)26-6-4-3-5-25(26)18-34-28)30(41)20-37-9-11-38(21-31(42)43)13-15-40(23-33(46)47)16-14-39(12-10-37)22-32(44)45/h3-8,17-18,29,35H,9-16,19-23H2,1-2H3,(H,42,43)(H,44,45)(H,46,47). The number of hydrogen-bond donors (Lipinski definition) is 4. The molecule has 2 heterocycles. The lowest BCUT2D eigenvalue weighted by atomic mass is 10.00. The van der Waals surface area contributed by atoms with E-state index in [9.17, 15) is 34.5 Å². The van der Waals surface area contributed by atoms with E-state index in [0.717, 1.165) is 27.2 Å². The van der Waals surface area contributed by atoms with Gasteiger partial charge in [-0.3, -0.25) is 43.8 Å². The van der Waals surface area contributed by atoms with Crippen molar-refractivity contribution >= 4 is 45.5 Å². The second-order valence-corrected chi connectivity index (χ2v) is 12.0. The number of nitrogens with one attached hydrogen (secondary N) is 1. The van der Waals surface area contributed by atoms with Crippen molar-refractivity contribution in [2.45, 2.75) is 6.04 Å². The first kappa shape index (κ1) is 36.6. The molecule has 260 valence electrons. The van der Waals surface area contributed by atoms with E-state index in [-0.39, 0.29) is 32.1 Å². The van der Waals surface area contributed by atoms with Crippen molar-refractivity contribution in [1.82, 2.24) is 35.0 Å². The number of benzene rings is 2. The lowest BCUT2D eigenvalue weighted by Crippen LogP contribution is -2.50. The van der Waals surface area contributed by atoms with Gasteiger partial charge in [0, 0.05) is 82.9 Å². The third-order valence-electron chi connectivity index (χ3n) is 8.65. The quantitative estimate of drug-likeness (QED) is 0.146. The fourth-order valence-electron chi connectivity index (χ4n) is 5.99. The molecule has 4 rings (SSSR count). The normalized spacial score (nSPS) is 17.0. The van der Waals surface area contributed by atoms with Crippen LogP contribution in [-0.4, -0.2) is 168 Å². The van der Waals surface area contributed by atoms with Gasteiger partial charge in [-0.2, -0.15) is 0 Å². The smallest absolute Gasteiger partial charge is 0.317 e. The number of carboxylic acid groups (broad SMARTS) is 3. The number of fused-ring (bicyclic) bond motifs is 3. The summed E-state index contributed by atoms with van der Waals surface area (Å²) in [5.41, 5.74) is 4.62. The van der Waals surface area contributed by atoms with Crippen LogP contribution in [-0.2, 0) is 24.0 Å². The molecule has 0 aliphatic carbocycles. The van der Waals surface area contributed by atoms with Crippen LogP contribution in [0.15, 0.2) is 48.7 Å². The van der Waals surface area contributed by atoms with E-state index in [1.807, 2.05) is 53.6 Å². The van der Waals surface area contributed by atoms with Gasteiger partial charge in [0.2, 0.25) is 5.91 Å².